The molecule has 0 saturated carbocycles. The molecule has 0 unspecified atom stereocenters. The van der Waals surface area contributed by atoms with E-state index in [2.05, 4.69) is 21.6 Å². The van der Waals surface area contributed by atoms with Crippen molar-refractivity contribution in [2.75, 3.05) is 11.9 Å². The second-order valence-electron chi connectivity index (χ2n) is 5.68. The topological polar surface area (TPSA) is 88.2 Å². The van der Waals surface area contributed by atoms with Gasteiger partial charge in [0.2, 0.25) is 10.0 Å². The molecular formula is C18H16ClN3O3S2. The van der Waals surface area contributed by atoms with E-state index in [4.69, 9.17) is 11.6 Å². The van der Waals surface area contributed by atoms with E-state index in [1.165, 1.54) is 35.6 Å². The number of carbonyl (C=O) groups is 1. The molecule has 140 valence electrons. The molecule has 3 aromatic rings. The summed E-state index contributed by atoms with van der Waals surface area (Å²) in [4.78, 5) is 16.8. The molecule has 1 amide bonds. The van der Waals surface area contributed by atoms with Crippen LogP contribution in [0, 0.1) is 6.92 Å². The zero-order valence-corrected chi connectivity index (χ0v) is 16.7. The molecule has 0 aliphatic heterocycles. The van der Waals surface area contributed by atoms with Gasteiger partial charge in [0.05, 0.1) is 15.2 Å². The number of benzene rings is 2. The summed E-state index contributed by atoms with van der Waals surface area (Å²) in [5.74, 6) is -0.469. The average Bonchev–Trinajstić information content (AvgIpc) is 3.04. The van der Waals surface area contributed by atoms with Crippen molar-refractivity contribution in [2.45, 2.75) is 11.8 Å². The average molecular weight is 422 g/mol. The predicted molar refractivity (Wildman–Crippen MR) is 109 cm³/mol. The predicted octanol–water partition coefficient (Wildman–Crippen LogP) is 3.97. The third kappa shape index (κ3) is 4.19. The quantitative estimate of drug-likeness (QED) is 0.589. The van der Waals surface area contributed by atoms with Gasteiger partial charge in [0.25, 0.3) is 5.91 Å². The molecular weight excluding hydrogens is 406 g/mol. The van der Waals surface area contributed by atoms with Gasteiger partial charge in [-0.15, -0.1) is 6.58 Å². The summed E-state index contributed by atoms with van der Waals surface area (Å²) in [6.07, 6.45) is 1.41. The Morgan fingerprint density at radius 2 is 2.11 bits per heavy atom. The van der Waals surface area contributed by atoms with Crippen LogP contribution in [0.1, 0.15) is 15.9 Å². The van der Waals surface area contributed by atoms with Crippen LogP contribution in [-0.4, -0.2) is 25.9 Å². The second-order valence-corrected chi connectivity index (χ2v) is 8.85. The summed E-state index contributed by atoms with van der Waals surface area (Å²) in [6.45, 7) is 5.47. The Morgan fingerprint density at radius 3 is 2.81 bits per heavy atom. The van der Waals surface area contributed by atoms with E-state index in [0.29, 0.717) is 5.13 Å². The fraction of sp³-hybridized carbons (Fsp3) is 0.111. The number of nitrogens with one attached hydrogen (secondary N) is 2. The molecule has 0 aliphatic carbocycles. The maximum absolute atomic E-state index is 12.6. The lowest BCUT2D eigenvalue weighted by Crippen LogP contribution is -2.24. The van der Waals surface area contributed by atoms with E-state index >= 15 is 0 Å². The Labute approximate surface area is 165 Å². The summed E-state index contributed by atoms with van der Waals surface area (Å²) in [7, 11) is -3.85. The second kappa shape index (κ2) is 7.77. The van der Waals surface area contributed by atoms with E-state index in [-0.39, 0.29) is 22.0 Å². The Hall–Kier alpha value is -2.26. The fourth-order valence-corrected chi connectivity index (χ4v) is 4.87. The van der Waals surface area contributed by atoms with Crippen molar-refractivity contribution in [3.05, 3.63) is 65.2 Å². The summed E-state index contributed by atoms with van der Waals surface area (Å²) in [5.41, 5.74) is 2.00. The third-order valence-electron chi connectivity index (χ3n) is 3.74. The summed E-state index contributed by atoms with van der Waals surface area (Å²) >= 11 is 7.36. The number of carbonyl (C=O) groups excluding carboxylic acids is 1. The van der Waals surface area contributed by atoms with Crippen LogP contribution in [0.5, 0.6) is 0 Å². The number of halogens is 1. The SMILES string of the molecule is C=CCNS(=O)(=O)c1cc(C(=O)Nc2nc3c(C)cccc3s2)ccc1Cl. The van der Waals surface area contributed by atoms with Crippen LogP contribution in [0.2, 0.25) is 5.02 Å². The molecule has 2 N–H and O–H groups in total. The van der Waals surface area contributed by atoms with Crippen molar-refractivity contribution in [3.8, 4) is 0 Å². The number of fused-ring (bicyclic) bond motifs is 1. The molecule has 0 saturated heterocycles. The van der Waals surface area contributed by atoms with Gasteiger partial charge in [0, 0.05) is 12.1 Å². The van der Waals surface area contributed by atoms with Crippen LogP contribution in [0.25, 0.3) is 10.2 Å². The molecule has 1 aromatic heterocycles. The normalized spacial score (nSPS) is 11.5. The molecule has 27 heavy (non-hydrogen) atoms. The lowest BCUT2D eigenvalue weighted by Gasteiger charge is -2.09. The van der Waals surface area contributed by atoms with Gasteiger partial charge in [-0.25, -0.2) is 18.1 Å². The molecule has 0 bridgehead atoms. The van der Waals surface area contributed by atoms with Gasteiger partial charge in [0.1, 0.15) is 4.90 Å². The first-order valence-electron chi connectivity index (χ1n) is 7.89. The molecule has 1 heterocycles. The number of amides is 1. The molecule has 2 aromatic carbocycles. The van der Waals surface area contributed by atoms with E-state index < -0.39 is 15.9 Å². The van der Waals surface area contributed by atoms with Crippen LogP contribution < -0.4 is 10.0 Å². The zero-order chi connectivity index (χ0) is 19.6. The maximum Gasteiger partial charge on any atom is 0.257 e. The standard InChI is InChI=1S/C18H16ClN3O3S2/c1-3-9-20-27(24,25)15-10-12(7-8-13(15)19)17(23)22-18-21-16-11(2)5-4-6-14(16)26-18/h3-8,10,20H,1,9H2,2H3,(H,21,22,23). The van der Waals surface area contributed by atoms with Gasteiger partial charge < -0.3 is 0 Å². The van der Waals surface area contributed by atoms with Gasteiger partial charge in [-0.2, -0.15) is 0 Å². The number of sulfonamides is 1. The van der Waals surface area contributed by atoms with Crippen LogP contribution >= 0.6 is 22.9 Å². The van der Waals surface area contributed by atoms with Crippen LogP contribution in [0.15, 0.2) is 53.9 Å². The first-order valence-corrected chi connectivity index (χ1v) is 10.6. The van der Waals surface area contributed by atoms with Gasteiger partial charge in [0.15, 0.2) is 5.13 Å². The lowest BCUT2D eigenvalue weighted by atomic mass is 10.2. The Kier molecular flexibility index (Phi) is 5.61. The summed E-state index contributed by atoms with van der Waals surface area (Å²) in [5, 5.41) is 3.18. The van der Waals surface area contributed by atoms with E-state index in [0.717, 1.165) is 15.8 Å². The summed E-state index contributed by atoms with van der Waals surface area (Å²) < 4.78 is 27.9. The van der Waals surface area contributed by atoms with Gasteiger partial charge in [-0.05, 0) is 36.8 Å². The van der Waals surface area contributed by atoms with Crippen molar-refractivity contribution in [2.24, 2.45) is 0 Å². The molecule has 0 fully saturated rings. The number of para-hydroxylation sites is 1. The number of thiazole rings is 1. The van der Waals surface area contributed by atoms with E-state index in [1.807, 2.05) is 25.1 Å². The zero-order valence-electron chi connectivity index (χ0n) is 14.3. The highest BCUT2D eigenvalue weighted by Gasteiger charge is 2.20. The van der Waals surface area contributed by atoms with Gasteiger partial charge >= 0.3 is 0 Å². The smallest absolute Gasteiger partial charge is 0.257 e. The lowest BCUT2D eigenvalue weighted by molar-refractivity contribution is 0.102. The maximum atomic E-state index is 12.6. The van der Waals surface area contributed by atoms with E-state index in [1.54, 1.807) is 0 Å². The minimum Gasteiger partial charge on any atom is -0.298 e. The number of hydrogen-bond acceptors (Lipinski definition) is 5. The van der Waals surface area contributed by atoms with Crippen molar-refractivity contribution >= 4 is 54.2 Å². The molecule has 6 nitrogen and oxygen atoms in total. The minimum absolute atomic E-state index is 0.0266. The minimum atomic E-state index is -3.85. The molecule has 0 aliphatic rings. The van der Waals surface area contributed by atoms with Crippen molar-refractivity contribution in [1.82, 2.24) is 9.71 Å². The molecule has 0 radical (unpaired) electrons. The Balaban J connectivity index is 1.89. The highest BCUT2D eigenvalue weighted by molar-refractivity contribution is 7.89. The third-order valence-corrected chi connectivity index (χ3v) is 6.58. The first-order chi connectivity index (χ1) is 12.8. The fourth-order valence-electron chi connectivity index (χ4n) is 2.41. The highest BCUT2D eigenvalue weighted by atomic mass is 35.5. The monoisotopic (exact) mass is 421 g/mol. The Bertz CT molecular complexity index is 1140. The highest BCUT2D eigenvalue weighted by Crippen LogP contribution is 2.29. The number of aryl methyl sites for hydroxylation is 1. The van der Waals surface area contributed by atoms with Crippen LogP contribution in [-0.2, 0) is 10.0 Å². The molecule has 0 atom stereocenters. The first kappa shape index (κ1) is 19.5. The Morgan fingerprint density at radius 1 is 1.33 bits per heavy atom. The van der Waals surface area contributed by atoms with Gasteiger partial charge in [-0.3, -0.25) is 10.1 Å². The number of hydrogen-bond donors (Lipinski definition) is 2. The van der Waals surface area contributed by atoms with Crippen molar-refractivity contribution < 1.29 is 13.2 Å². The van der Waals surface area contributed by atoms with Gasteiger partial charge in [-0.1, -0.05) is 41.1 Å². The molecule has 9 heteroatoms. The number of nitrogens with zero attached hydrogens (tertiary/aromatic N) is 1. The molecule has 3 rings (SSSR count). The van der Waals surface area contributed by atoms with Crippen molar-refractivity contribution in [1.29, 1.82) is 0 Å². The number of anilines is 1. The van der Waals surface area contributed by atoms with E-state index in [9.17, 15) is 13.2 Å². The van der Waals surface area contributed by atoms with Crippen LogP contribution in [0.4, 0.5) is 5.13 Å². The number of rotatable bonds is 6. The summed E-state index contributed by atoms with van der Waals surface area (Å²) in [6, 6.07) is 9.87. The van der Waals surface area contributed by atoms with Crippen molar-refractivity contribution in [3.63, 3.8) is 0 Å². The molecule has 0 spiro atoms. The number of aromatic nitrogens is 1. The van der Waals surface area contributed by atoms with Crippen LogP contribution in [0.3, 0.4) is 0 Å². The largest absolute Gasteiger partial charge is 0.298 e.